The van der Waals surface area contributed by atoms with Crippen molar-refractivity contribution in [2.75, 3.05) is 6.61 Å². The highest BCUT2D eigenvalue weighted by Crippen LogP contribution is 2.25. The lowest BCUT2D eigenvalue weighted by Crippen LogP contribution is -1.99. The number of aryl methyl sites for hydroxylation is 1. The predicted molar refractivity (Wildman–Crippen MR) is 139 cm³/mol. The third-order valence-corrected chi connectivity index (χ3v) is 6.38. The van der Waals surface area contributed by atoms with Crippen LogP contribution in [0, 0.1) is 5.82 Å². The molecule has 1 aromatic heterocycles. The van der Waals surface area contributed by atoms with E-state index in [2.05, 4.69) is 24.9 Å². The van der Waals surface area contributed by atoms with Crippen molar-refractivity contribution in [2.45, 2.75) is 117 Å². The quantitative estimate of drug-likeness (QED) is 0.197. The minimum absolute atomic E-state index is 0.305. The predicted octanol–water partition coefficient (Wildman–Crippen LogP) is 9.70. The van der Waals surface area contributed by atoms with Gasteiger partial charge in [0.25, 0.3) is 0 Å². The largest absolute Gasteiger partial charge is 0.491 e. The molecule has 0 fully saturated rings. The molecule has 1 heterocycles. The van der Waals surface area contributed by atoms with Crippen molar-refractivity contribution in [1.82, 2.24) is 4.98 Å². The molecule has 0 saturated carbocycles. The zero-order valence-corrected chi connectivity index (χ0v) is 21.2. The molecule has 184 valence electrons. The molecule has 0 aliphatic heterocycles. The molecule has 0 saturated heterocycles. The highest BCUT2D eigenvalue weighted by atomic mass is 19.1. The summed E-state index contributed by atoms with van der Waals surface area (Å²) in [5.41, 5.74) is 2.87. The van der Waals surface area contributed by atoms with Crippen LogP contribution < -0.4 is 4.74 Å². The van der Waals surface area contributed by atoms with Gasteiger partial charge in [0, 0.05) is 11.8 Å². The summed E-state index contributed by atoms with van der Waals surface area (Å²) in [5, 5.41) is 0. The minimum atomic E-state index is -0.305. The van der Waals surface area contributed by atoms with Gasteiger partial charge in [-0.3, -0.25) is 4.98 Å². The van der Waals surface area contributed by atoms with Gasteiger partial charge in [0.1, 0.15) is 0 Å². The van der Waals surface area contributed by atoms with E-state index in [4.69, 9.17) is 4.74 Å². The molecule has 0 aliphatic rings. The zero-order chi connectivity index (χ0) is 23.6. The topological polar surface area (TPSA) is 22.1 Å². The first-order valence-corrected chi connectivity index (χ1v) is 13.6. The van der Waals surface area contributed by atoms with Gasteiger partial charge in [0.15, 0.2) is 11.6 Å². The van der Waals surface area contributed by atoms with E-state index in [9.17, 15) is 4.39 Å². The Labute approximate surface area is 202 Å². The Morgan fingerprint density at radius 1 is 0.697 bits per heavy atom. The van der Waals surface area contributed by atoms with Crippen LogP contribution in [-0.2, 0) is 6.42 Å². The molecule has 3 heteroatoms. The molecule has 0 unspecified atom stereocenters. The fourth-order valence-electron chi connectivity index (χ4n) is 4.22. The maximum Gasteiger partial charge on any atom is 0.165 e. The maximum atomic E-state index is 14.5. The second-order valence-electron chi connectivity index (χ2n) is 9.39. The standard InChI is InChI=1S/C30H46FNO/c1-3-5-7-9-11-13-15-17-23-33-30-22-20-27(24-28(30)31)29-21-19-26(25-32-29)18-16-14-12-10-8-6-4-2/h19-22,24-25H,3-18,23H2,1-2H3. The van der Waals surface area contributed by atoms with Gasteiger partial charge in [-0.1, -0.05) is 103 Å². The Balaban J connectivity index is 1.67. The van der Waals surface area contributed by atoms with Gasteiger partial charge in [-0.2, -0.15) is 0 Å². The molecule has 33 heavy (non-hydrogen) atoms. The van der Waals surface area contributed by atoms with E-state index in [-0.39, 0.29) is 5.82 Å². The second-order valence-corrected chi connectivity index (χ2v) is 9.39. The van der Waals surface area contributed by atoms with Crippen molar-refractivity contribution in [3.8, 4) is 17.0 Å². The third-order valence-electron chi connectivity index (χ3n) is 6.38. The van der Waals surface area contributed by atoms with Gasteiger partial charge in [-0.15, -0.1) is 0 Å². The Bertz CT molecular complexity index is 743. The molecular weight excluding hydrogens is 409 g/mol. The molecular formula is C30H46FNO. The Morgan fingerprint density at radius 3 is 1.88 bits per heavy atom. The first-order valence-electron chi connectivity index (χ1n) is 13.6. The molecule has 0 atom stereocenters. The van der Waals surface area contributed by atoms with E-state index in [1.54, 1.807) is 12.1 Å². The summed E-state index contributed by atoms with van der Waals surface area (Å²) in [4.78, 5) is 4.57. The van der Waals surface area contributed by atoms with Crippen LogP contribution >= 0.6 is 0 Å². The first kappa shape index (κ1) is 27.3. The number of ether oxygens (including phenoxy) is 1. The average molecular weight is 456 g/mol. The minimum Gasteiger partial charge on any atom is -0.491 e. The molecule has 0 N–H and O–H groups in total. The molecule has 2 aromatic rings. The summed E-state index contributed by atoms with van der Waals surface area (Å²) < 4.78 is 20.2. The molecule has 2 rings (SSSR count). The van der Waals surface area contributed by atoms with Crippen LogP contribution in [0.25, 0.3) is 11.3 Å². The van der Waals surface area contributed by atoms with Gasteiger partial charge in [-0.25, -0.2) is 4.39 Å². The molecule has 1 aromatic carbocycles. The van der Waals surface area contributed by atoms with Gasteiger partial charge < -0.3 is 4.74 Å². The maximum absolute atomic E-state index is 14.5. The number of benzene rings is 1. The van der Waals surface area contributed by atoms with Crippen LogP contribution in [0.2, 0.25) is 0 Å². The summed E-state index contributed by atoms with van der Waals surface area (Å²) in [5.74, 6) is 0.0401. The van der Waals surface area contributed by atoms with Crippen molar-refractivity contribution in [3.63, 3.8) is 0 Å². The van der Waals surface area contributed by atoms with E-state index in [1.807, 2.05) is 18.3 Å². The monoisotopic (exact) mass is 455 g/mol. The van der Waals surface area contributed by atoms with E-state index < -0.39 is 0 Å². The van der Waals surface area contributed by atoms with Crippen LogP contribution in [-0.4, -0.2) is 11.6 Å². The third kappa shape index (κ3) is 11.7. The summed E-state index contributed by atoms with van der Waals surface area (Å²) in [7, 11) is 0. The fraction of sp³-hybridized carbons (Fsp3) is 0.633. The number of aromatic nitrogens is 1. The molecule has 0 radical (unpaired) electrons. The molecule has 2 nitrogen and oxygen atoms in total. The summed E-state index contributed by atoms with van der Waals surface area (Å²) >= 11 is 0. The van der Waals surface area contributed by atoms with Crippen molar-refractivity contribution in [2.24, 2.45) is 0 Å². The van der Waals surface area contributed by atoms with Crippen LogP contribution in [0.3, 0.4) is 0 Å². The van der Waals surface area contributed by atoms with Crippen LogP contribution in [0.4, 0.5) is 4.39 Å². The van der Waals surface area contributed by atoms with Gasteiger partial charge in [0.2, 0.25) is 0 Å². The van der Waals surface area contributed by atoms with Gasteiger partial charge in [0.05, 0.1) is 12.3 Å². The Morgan fingerprint density at radius 2 is 1.30 bits per heavy atom. The zero-order valence-electron chi connectivity index (χ0n) is 21.2. The number of unbranched alkanes of at least 4 members (excludes halogenated alkanes) is 13. The Kier molecular flexibility index (Phi) is 14.6. The molecule has 0 spiro atoms. The lowest BCUT2D eigenvalue weighted by molar-refractivity contribution is 0.290. The molecule has 0 amide bonds. The number of hydrogen-bond acceptors (Lipinski definition) is 2. The number of hydrogen-bond donors (Lipinski definition) is 0. The van der Waals surface area contributed by atoms with E-state index >= 15 is 0 Å². The van der Waals surface area contributed by atoms with Crippen LogP contribution in [0.1, 0.15) is 116 Å². The lowest BCUT2D eigenvalue weighted by atomic mass is 10.0. The number of pyridine rings is 1. The summed E-state index contributed by atoms with van der Waals surface area (Å²) in [6.45, 7) is 5.08. The number of nitrogens with zero attached hydrogens (tertiary/aromatic N) is 1. The normalized spacial score (nSPS) is 11.1. The second kappa shape index (κ2) is 17.6. The van der Waals surface area contributed by atoms with E-state index in [0.29, 0.717) is 12.4 Å². The van der Waals surface area contributed by atoms with Crippen molar-refractivity contribution in [1.29, 1.82) is 0 Å². The SMILES string of the molecule is CCCCCCCCCCOc1ccc(-c2ccc(CCCCCCCCC)cn2)cc1F. The lowest BCUT2D eigenvalue weighted by Gasteiger charge is -2.09. The van der Waals surface area contributed by atoms with Crippen LogP contribution in [0.5, 0.6) is 5.75 Å². The molecule has 0 bridgehead atoms. The highest BCUT2D eigenvalue weighted by Gasteiger charge is 2.08. The van der Waals surface area contributed by atoms with Crippen LogP contribution in [0.15, 0.2) is 36.5 Å². The van der Waals surface area contributed by atoms with Crippen molar-refractivity contribution in [3.05, 3.63) is 47.9 Å². The number of rotatable bonds is 19. The first-order chi connectivity index (χ1) is 16.2. The molecule has 0 aliphatic carbocycles. The van der Waals surface area contributed by atoms with Gasteiger partial charge >= 0.3 is 0 Å². The summed E-state index contributed by atoms with van der Waals surface area (Å²) in [6, 6.07) is 9.33. The fourth-order valence-corrected chi connectivity index (χ4v) is 4.22. The number of halogens is 1. The summed E-state index contributed by atoms with van der Waals surface area (Å²) in [6.07, 6.45) is 22.2. The van der Waals surface area contributed by atoms with E-state index in [0.717, 1.165) is 30.5 Å². The highest BCUT2D eigenvalue weighted by molar-refractivity contribution is 5.60. The van der Waals surface area contributed by atoms with E-state index in [1.165, 1.54) is 89.0 Å². The average Bonchev–Trinajstić information content (AvgIpc) is 2.83. The smallest absolute Gasteiger partial charge is 0.165 e. The van der Waals surface area contributed by atoms with Gasteiger partial charge in [-0.05, 0) is 49.1 Å². The Hall–Kier alpha value is -1.90. The van der Waals surface area contributed by atoms with Crippen molar-refractivity contribution < 1.29 is 9.13 Å². The van der Waals surface area contributed by atoms with Crippen molar-refractivity contribution >= 4 is 0 Å².